The molecule has 2 heterocycles. The maximum atomic E-state index is 12.4. The zero-order valence-corrected chi connectivity index (χ0v) is 12.8. The molecule has 1 aliphatic rings. The fourth-order valence-electron chi connectivity index (χ4n) is 2.76. The smallest absolute Gasteiger partial charge is 0.231 e. The molecule has 0 unspecified atom stereocenters. The van der Waals surface area contributed by atoms with Crippen LogP contribution in [-0.4, -0.2) is 35.8 Å². The highest BCUT2D eigenvalue weighted by molar-refractivity contribution is 5.85. The first-order valence-electron chi connectivity index (χ1n) is 7.78. The number of benzene rings is 1. The first kappa shape index (κ1) is 15.5. The zero-order chi connectivity index (χ0) is 16.1. The van der Waals surface area contributed by atoms with Crippen molar-refractivity contribution in [1.29, 1.82) is 0 Å². The first-order valence-corrected chi connectivity index (χ1v) is 7.78. The third-order valence-corrected chi connectivity index (χ3v) is 4.06. The lowest BCUT2D eigenvalue weighted by Gasteiger charge is -2.16. The molecule has 0 spiro atoms. The number of rotatable bonds is 6. The van der Waals surface area contributed by atoms with Crippen LogP contribution in [0.15, 0.2) is 48.7 Å². The number of hydrogen-bond donors (Lipinski definition) is 2. The highest BCUT2D eigenvalue weighted by Crippen LogP contribution is 2.33. The van der Waals surface area contributed by atoms with Gasteiger partial charge in [-0.3, -0.25) is 9.78 Å². The van der Waals surface area contributed by atoms with Crippen molar-refractivity contribution >= 4 is 5.91 Å². The van der Waals surface area contributed by atoms with Crippen molar-refractivity contribution in [2.45, 2.75) is 12.3 Å². The van der Waals surface area contributed by atoms with E-state index in [0.29, 0.717) is 19.6 Å². The Hall–Kier alpha value is -2.40. The number of pyridine rings is 1. The van der Waals surface area contributed by atoms with Gasteiger partial charge in [-0.05, 0) is 24.6 Å². The van der Waals surface area contributed by atoms with Crippen LogP contribution in [0.1, 0.15) is 17.2 Å². The highest BCUT2D eigenvalue weighted by atomic mass is 16.5. The Bertz CT molecular complexity index is 660. The molecule has 0 fully saturated rings. The van der Waals surface area contributed by atoms with Gasteiger partial charge in [0.15, 0.2) is 0 Å². The van der Waals surface area contributed by atoms with Gasteiger partial charge < -0.3 is 15.2 Å². The predicted molar refractivity (Wildman–Crippen MR) is 86.2 cm³/mol. The molecule has 1 aromatic heterocycles. The molecule has 5 heteroatoms. The van der Waals surface area contributed by atoms with Crippen LogP contribution in [0.5, 0.6) is 5.75 Å². The minimum Gasteiger partial charge on any atom is -0.492 e. The number of carbonyl (C=O) groups excluding carboxylic acids is 1. The number of nitrogens with zero attached hydrogens (tertiary/aromatic N) is 1. The summed E-state index contributed by atoms with van der Waals surface area (Å²) in [5, 5.41) is 12.4. The van der Waals surface area contributed by atoms with Gasteiger partial charge in [0.25, 0.3) is 0 Å². The summed E-state index contributed by atoms with van der Waals surface area (Å²) >= 11 is 0. The van der Waals surface area contributed by atoms with Crippen molar-refractivity contribution in [3.63, 3.8) is 0 Å². The van der Waals surface area contributed by atoms with Crippen molar-refractivity contribution in [2.24, 2.45) is 5.92 Å². The number of amides is 1. The van der Waals surface area contributed by atoms with Crippen LogP contribution in [0, 0.1) is 5.92 Å². The van der Waals surface area contributed by atoms with Crippen LogP contribution in [0.25, 0.3) is 0 Å². The molecular weight excluding hydrogens is 292 g/mol. The van der Waals surface area contributed by atoms with Crippen LogP contribution in [0.4, 0.5) is 0 Å². The molecule has 1 aromatic carbocycles. The van der Waals surface area contributed by atoms with Gasteiger partial charge in [0.2, 0.25) is 5.91 Å². The molecule has 0 saturated heterocycles. The Morgan fingerprint density at radius 2 is 2.13 bits per heavy atom. The van der Waals surface area contributed by atoms with Gasteiger partial charge in [0.05, 0.1) is 0 Å². The van der Waals surface area contributed by atoms with Crippen molar-refractivity contribution in [3.05, 3.63) is 59.9 Å². The molecule has 1 aliphatic heterocycles. The van der Waals surface area contributed by atoms with Crippen LogP contribution in [-0.2, 0) is 11.2 Å². The van der Waals surface area contributed by atoms with E-state index in [0.717, 1.165) is 17.0 Å². The van der Waals surface area contributed by atoms with Gasteiger partial charge in [-0.1, -0.05) is 24.3 Å². The average Bonchev–Trinajstić information content (AvgIpc) is 3.03. The van der Waals surface area contributed by atoms with Crippen LogP contribution in [0.3, 0.4) is 0 Å². The summed E-state index contributed by atoms with van der Waals surface area (Å²) in [6, 6.07) is 13.3. The summed E-state index contributed by atoms with van der Waals surface area (Å²) in [5.74, 6) is 0.390. The molecule has 0 aliphatic carbocycles. The molecule has 2 atom stereocenters. The highest BCUT2D eigenvalue weighted by Gasteiger charge is 2.30. The molecule has 3 rings (SSSR count). The molecule has 5 nitrogen and oxygen atoms in total. The van der Waals surface area contributed by atoms with E-state index in [1.165, 1.54) is 0 Å². The van der Waals surface area contributed by atoms with Gasteiger partial charge in [-0.2, -0.15) is 0 Å². The number of para-hydroxylation sites is 1. The molecule has 120 valence electrons. The first-order chi connectivity index (χ1) is 11.3. The number of carbonyl (C=O) groups is 1. The fourth-order valence-corrected chi connectivity index (χ4v) is 2.76. The van der Waals surface area contributed by atoms with Crippen molar-refractivity contribution in [2.75, 3.05) is 19.8 Å². The van der Waals surface area contributed by atoms with Crippen molar-refractivity contribution < 1.29 is 14.6 Å². The summed E-state index contributed by atoms with van der Waals surface area (Å²) in [4.78, 5) is 16.6. The summed E-state index contributed by atoms with van der Waals surface area (Å²) in [5.41, 5.74) is 1.84. The second-order valence-corrected chi connectivity index (χ2v) is 5.72. The van der Waals surface area contributed by atoms with Crippen LogP contribution >= 0.6 is 0 Å². The summed E-state index contributed by atoms with van der Waals surface area (Å²) in [7, 11) is 0. The Kier molecular flexibility index (Phi) is 4.88. The van der Waals surface area contributed by atoms with Gasteiger partial charge in [0.1, 0.15) is 18.3 Å². The minimum absolute atomic E-state index is 0.00854. The molecule has 0 saturated carbocycles. The van der Waals surface area contributed by atoms with E-state index < -0.39 is 0 Å². The van der Waals surface area contributed by atoms with Gasteiger partial charge in [-0.15, -0.1) is 0 Å². The number of hydrogen-bond acceptors (Lipinski definition) is 4. The van der Waals surface area contributed by atoms with E-state index in [4.69, 9.17) is 4.74 Å². The third-order valence-electron chi connectivity index (χ3n) is 4.06. The van der Waals surface area contributed by atoms with Gasteiger partial charge in [-0.25, -0.2) is 0 Å². The zero-order valence-electron chi connectivity index (χ0n) is 12.8. The maximum Gasteiger partial charge on any atom is 0.231 e. The monoisotopic (exact) mass is 312 g/mol. The predicted octanol–water partition coefficient (Wildman–Crippen LogP) is 1.52. The molecule has 2 aromatic rings. The summed E-state index contributed by atoms with van der Waals surface area (Å²) in [6.07, 6.45) is 2.37. The quantitative estimate of drug-likeness (QED) is 0.848. The summed E-state index contributed by atoms with van der Waals surface area (Å²) < 4.78 is 5.54. The lowest BCUT2D eigenvalue weighted by atomic mass is 9.99. The maximum absolute atomic E-state index is 12.4. The van der Waals surface area contributed by atoms with Crippen LogP contribution < -0.4 is 10.1 Å². The topological polar surface area (TPSA) is 71.5 Å². The van der Waals surface area contributed by atoms with Crippen molar-refractivity contribution in [1.82, 2.24) is 10.3 Å². The largest absolute Gasteiger partial charge is 0.492 e. The standard InChI is InChI=1S/C18H20N2O3/c21-11-13(9-14-5-3-4-8-19-14)10-20-18(22)16-12-23-17-7-2-1-6-15(16)17/h1-8,13,16,21H,9-12H2,(H,20,22)/t13-,16+/m1/s1. The minimum atomic E-state index is -0.277. The average molecular weight is 312 g/mol. The third kappa shape index (κ3) is 3.68. The second-order valence-electron chi connectivity index (χ2n) is 5.72. The Morgan fingerprint density at radius 3 is 2.91 bits per heavy atom. The lowest BCUT2D eigenvalue weighted by Crippen LogP contribution is -2.35. The molecule has 23 heavy (non-hydrogen) atoms. The van der Waals surface area contributed by atoms with E-state index >= 15 is 0 Å². The number of ether oxygens (including phenoxy) is 1. The van der Waals surface area contributed by atoms with E-state index in [9.17, 15) is 9.90 Å². The van der Waals surface area contributed by atoms with E-state index in [2.05, 4.69) is 10.3 Å². The molecule has 0 bridgehead atoms. The number of aliphatic hydroxyl groups excluding tert-OH is 1. The molecule has 2 N–H and O–H groups in total. The Labute approximate surface area is 135 Å². The Balaban J connectivity index is 1.56. The number of aliphatic hydroxyl groups is 1. The van der Waals surface area contributed by atoms with Gasteiger partial charge in [0, 0.05) is 36.5 Å². The van der Waals surface area contributed by atoms with E-state index in [1.807, 2.05) is 42.5 Å². The Morgan fingerprint density at radius 1 is 1.30 bits per heavy atom. The number of nitrogens with one attached hydrogen (secondary N) is 1. The van der Waals surface area contributed by atoms with E-state index in [-0.39, 0.29) is 24.3 Å². The normalized spacial score (nSPS) is 17.2. The fraction of sp³-hybridized carbons (Fsp3) is 0.333. The van der Waals surface area contributed by atoms with Crippen LogP contribution in [0.2, 0.25) is 0 Å². The molecule has 1 amide bonds. The summed E-state index contributed by atoms with van der Waals surface area (Å²) in [6.45, 7) is 0.800. The molecule has 0 radical (unpaired) electrons. The SMILES string of the molecule is O=C(NC[C@H](CO)Cc1ccccn1)[C@H]1COc2ccccc21. The van der Waals surface area contributed by atoms with Gasteiger partial charge >= 0.3 is 0 Å². The number of aromatic nitrogens is 1. The van der Waals surface area contributed by atoms with Crippen molar-refractivity contribution in [3.8, 4) is 5.75 Å². The second kappa shape index (κ2) is 7.24. The van der Waals surface area contributed by atoms with E-state index in [1.54, 1.807) is 6.20 Å². The lowest BCUT2D eigenvalue weighted by molar-refractivity contribution is -0.123. The number of fused-ring (bicyclic) bond motifs is 1. The molecular formula is C18H20N2O3.